The van der Waals surface area contributed by atoms with Crippen molar-refractivity contribution in [2.45, 2.75) is 12.8 Å². The van der Waals surface area contributed by atoms with Crippen molar-refractivity contribution in [3.63, 3.8) is 0 Å². The summed E-state index contributed by atoms with van der Waals surface area (Å²) in [6.07, 6.45) is 6.62. The molecule has 1 aliphatic rings. The summed E-state index contributed by atoms with van der Waals surface area (Å²) in [5.41, 5.74) is 0. The van der Waals surface area contributed by atoms with E-state index in [2.05, 4.69) is 17.4 Å². The Hall–Kier alpha value is -0.590. The van der Waals surface area contributed by atoms with Crippen LogP contribution in [0.5, 0.6) is 0 Å². The van der Waals surface area contributed by atoms with Gasteiger partial charge in [-0.05, 0) is 6.08 Å². The SMILES string of the molecule is C=CC=[N+]1CCCC1. The van der Waals surface area contributed by atoms with Crippen LogP contribution in [0.15, 0.2) is 12.7 Å². The summed E-state index contributed by atoms with van der Waals surface area (Å²) in [4.78, 5) is 0. The van der Waals surface area contributed by atoms with Gasteiger partial charge in [0.25, 0.3) is 0 Å². The van der Waals surface area contributed by atoms with E-state index >= 15 is 0 Å². The molecule has 1 heteroatoms. The highest BCUT2D eigenvalue weighted by molar-refractivity contribution is 5.64. The summed E-state index contributed by atoms with van der Waals surface area (Å²) in [6.45, 7) is 6.08. The molecule has 0 saturated carbocycles. The topological polar surface area (TPSA) is 3.01 Å². The van der Waals surface area contributed by atoms with Crippen LogP contribution >= 0.6 is 0 Å². The summed E-state index contributed by atoms with van der Waals surface area (Å²) < 4.78 is 2.30. The molecule has 1 aliphatic heterocycles. The van der Waals surface area contributed by atoms with Crippen molar-refractivity contribution in [3.05, 3.63) is 12.7 Å². The minimum absolute atomic E-state index is 1.23. The van der Waals surface area contributed by atoms with E-state index in [-0.39, 0.29) is 0 Å². The van der Waals surface area contributed by atoms with Crippen LogP contribution in [-0.4, -0.2) is 23.9 Å². The molecule has 0 aromatic heterocycles. The molecule has 0 aliphatic carbocycles. The highest BCUT2D eigenvalue weighted by atomic mass is 15.0. The largest absolute Gasteiger partial charge is 0.236 e. The lowest BCUT2D eigenvalue weighted by atomic mass is 10.4. The Balaban J connectivity index is 2.44. The summed E-state index contributed by atoms with van der Waals surface area (Å²) in [7, 11) is 0. The van der Waals surface area contributed by atoms with E-state index in [9.17, 15) is 0 Å². The Morgan fingerprint density at radius 3 is 2.38 bits per heavy atom. The monoisotopic (exact) mass is 110 g/mol. The lowest BCUT2D eigenvalue weighted by Gasteiger charge is -1.83. The minimum atomic E-state index is 1.23. The van der Waals surface area contributed by atoms with Gasteiger partial charge in [-0.25, -0.2) is 4.58 Å². The summed E-state index contributed by atoms with van der Waals surface area (Å²) in [5.74, 6) is 0. The molecule has 1 heterocycles. The quantitative estimate of drug-likeness (QED) is 0.444. The van der Waals surface area contributed by atoms with Gasteiger partial charge >= 0.3 is 0 Å². The number of hydrogen-bond acceptors (Lipinski definition) is 0. The lowest BCUT2D eigenvalue weighted by molar-refractivity contribution is -0.500. The molecule has 0 radical (unpaired) electrons. The molecule has 1 fully saturated rings. The maximum Gasteiger partial charge on any atom is 0.162 e. The first-order valence-corrected chi connectivity index (χ1v) is 3.13. The summed E-state index contributed by atoms with van der Waals surface area (Å²) in [5, 5.41) is 0. The molecule has 0 amide bonds. The first kappa shape index (κ1) is 5.54. The van der Waals surface area contributed by atoms with Crippen molar-refractivity contribution in [2.75, 3.05) is 13.1 Å². The van der Waals surface area contributed by atoms with Crippen molar-refractivity contribution >= 4 is 6.21 Å². The second kappa shape index (κ2) is 2.65. The average molecular weight is 110 g/mol. The predicted molar refractivity (Wildman–Crippen MR) is 35.5 cm³/mol. The third-order valence-corrected chi connectivity index (χ3v) is 1.46. The Bertz CT molecular complexity index is 106. The molecular weight excluding hydrogens is 98.1 g/mol. The molecule has 1 saturated heterocycles. The fourth-order valence-electron chi connectivity index (χ4n) is 1.04. The zero-order chi connectivity index (χ0) is 5.82. The van der Waals surface area contributed by atoms with Crippen LogP contribution in [0.25, 0.3) is 0 Å². The van der Waals surface area contributed by atoms with Gasteiger partial charge in [0, 0.05) is 12.8 Å². The molecule has 0 unspecified atom stereocenters. The number of allylic oxidation sites excluding steroid dienone is 1. The third kappa shape index (κ3) is 1.19. The number of rotatable bonds is 1. The van der Waals surface area contributed by atoms with Gasteiger partial charge < -0.3 is 0 Å². The van der Waals surface area contributed by atoms with Crippen molar-refractivity contribution < 1.29 is 4.58 Å². The highest BCUT2D eigenvalue weighted by Crippen LogP contribution is 1.99. The summed E-state index contributed by atoms with van der Waals surface area (Å²) >= 11 is 0. The third-order valence-electron chi connectivity index (χ3n) is 1.46. The maximum absolute atomic E-state index is 3.63. The summed E-state index contributed by atoms with van der Waals surface area (Å²) in [6, 6.07) is 0. The number of hydrogen-bond donors (Lipinski definition) is 0. The molecule has 0 aromatic carbocycles. The van der Waals surface area contributed by atoms with Crippen LogP contribution < -0.4 is 0 Å². The van der Waals surface area contributed by atoms with Crippen molar-refractivity contribution in [2.24, 2.45) is 0 Å². The minimum Gasteiger partial charge on any atom is -0.236 e. The second-order valence-corrected chi connectivity index (χ2v) is 2.13. The van der Waals surface area contributed by atoms with Crippen LogP contribution in [0, 0.1) is 0 Å². The average Bonchev–Trinajstić information content (AvgIpc) is 2.19. The standard InChI is InChI=1S/C7H12N/c1-2-5-8-6-3-4-7-8/h2,5H,1,3-4,6-7H2/q+1. The van der Waals surface area contributed by atoms with Crippen LogP contribution in [-0.2, 0) is 0 Å². The Kier molecular flexibility index (Phi) is 1.84. The molecule has 0 N–H and O–H groups in total. The first-order valence-electron chi connectivity index (χ1n) is 3.13. The fraction of sp³-hybridized carbons (Fsp3) is 0.571. The van der Waals surface area contributed by atoms with Gasteiger partial charge in [-0.3, -0.25) is 0 Å². The maximum atomic E-state index is 3.63. The molecule has 1 nitrogen and oxygen atoms in total. The van der Waals surface area contributed by atoms with Gasteiger partial charge in [-0.1, -0.05) is 6.58 Å². The van der Waals surface area contributed by atoms with E-state index in [4.69, 9.17) is 0 Å². The Labute approximate surface area is 50.3 Å². The Morgan fingerprint density at radius 2 is 1.88 bits per heavy atom. The zero-order valence-electron chi connectivity index (χ0n) is 5.14. The molecule has 0 spiro atoms. The van der Waals surface area contributed by atoms with Gasteiger partial charge in [-0.2, -0.15) is 0 Å². The molecular formula is C7H12N+. The lowest BCUT2D eigenvalue weighted by Crippen LogP contribution is -2.04. The molecule has 0 aromatic rings. The Morgan fingerprint density at radius 1 is 1.25 bits per heavy atom. The van der Waals surface area contributed by atoms with E-state index in [1.54, 1.807) is 0 Å². The van der Waals surface area contributed by atoms with Gasteiger partial charge in [0.1, 0.15) is 13.1 Å². The van der Waals surface area contributed by atoms with Crippen LogP contribution in [0.3, 0.4) is 0 Å². The predicted octanol–water partition coefficient (Wildman–Crippen LogP) is 1.05. The number of nitrogens with zero attached hydrogens (tertiary/aromatic N) is 1. The highest BCUT2D eigenvalue weighted by Gasteiger charge is 2.09. The van der Waals surface area contributed by atoms with Crippen molar-refractivity contribution in [3.8, 4) is 0 Å². The van der Waals surface area contributed by atoms with Crippen LogP contribution in [0.2, 0.25) is 0 Å². The van der Waals surface area contributed by atoms with Crippen molar-refractivity contribution in [1.82, 2.24) is 0 Å². The molecule has 0 atom stereocenters. The van der Waals surface area contributed by atoms with E-state index in [0.29, 0.717) is 0 Å². The van der Waals surface area contributed by atoms with E-state index in [1.807, 2.05) is 6.08 Å². The normalized spacial score (nSPS) is 18.8. The van der Waals surface area contributed by atoms with Gasteiger partial charge in [0.15, 0.2) is 6.21 Å². The van der Waals surface area contributed by atoms with Crippen LogP contribution in [0.4, 0.5) is 0 Å². The van der Waals surface area contributed by atoms with Gasteiger partial charge in [0.2, 0.25) is 0 Å². The molecule has 8 heavy (non-hydrogen) atoms. The second-order valence-electron chi connectivity index (χ2n) is 2.13. The molecule has 1 rings (SSSR count). The van der Waals surface area contributed by atoms with Crippen LogP contribution in [0.1, 0.15) is 12.8 Å². The first-order chi connectivity index (χ1) is 3.93. The fourth-order valence-corrected chi connectivity index (χ4v) is 1.04. The van der Waals surface area contributed by atoms with E-state index < -0.39 is 0 Å². The van der Waals surface area contributed by atoms with E-state index in [0.717, 1.165) is 0 Å². The molecule has 0 bridgehead atoms. The van der Waals surface area contributed by atoms with Gasteiger partial charge in [-0.15, -0.1) is 0 Å². The zero-order valence-corrected chi connectivity index (χ0v) is 5.14. The smallest absolute Gasteiger partial charge is 0.162 e. The van der Waals surface area contributed by atoms with E-state index in [1.165, 1.54) is 25.9 Å². The molecule has 44 valence electrons. The van der Waals surface area contributed by atoms with Crippen molar-refractivity contribution in [1.29, 1.82) is 0 Å². The van der Waals surface area contributed by atoms with Gasteiger partial charge in [0.05, 0.1) is 0 Å².